The highest BCUT2D eigenvalue weighted by atomic mass is 14.4. The highest BCUT2D eigenvalue weighted by Gasteiger charge is 2.36. The summed E-state index contributed by atoms with van der Waals surface area (Å²) in [6, 6.07) is 69.5. The van der Waals surface area contributed by atoms with Crippen LogP contribution >= 0.6 is 0 Å². The molecule has 484 valence electrons. The first-order chi connectivity index (χ1) is 44.7. The molecule has 15 rings (SSSR count). The minimum Gasteiger partial charge on any atom is -0.0616 e. The van der Waals surface area contributed by atoms with E-state index in [1.807, 2.05) is 0 Å². The van der Waals surface area contributed by atoms with Crippen LogP contribution in [0.15, 0.2) is 170 Å². The Hall–Kier alpha value is -8.32. The quantitative estimate of drug-likeness (QED) is 0.165. The predicted octanol–water partition coefficient (Wildman–Crippen LogP) is 28.5. The molecule has 0 heterocycles. The highest BCUT2D eigenvalue weighted by Crippen LogP contribution is 2.62. The minimum absolute atomic E-state index is 0.0718. The Kier molecular flexibility index (Phi) is 13.7. The average Bonchev–Trinajstić information content (AvgIpc) is 1.51. The zero-order valence-corrected chi connectivity index (χ0v) is 62.2. The zero-order chi connectivity index (χ0) is 68.6. The molecule has 0 saturated heterocycles. The molecule has 0 radical (unpaired) electrons. The molecule has 0 heteroatoms. The van der Waals surface area contributed by atoms with Crippen LogP contribution in [0.1, 0.15) is 211 Å². The molecular formula is C96H100. The summed E-state index contributed by atoms with van der Waals surface area (Å²) in [6.07, 6.45) is 0. The third kappa shape index (κ3) is 9.93. The first-order valence-electron chi connectivity index (χ1n) is 35.7. The first kappa shape index (κ1) is 63.7. The molecule has 1 aliphatic rings. The van der Waals surface area contributed by atoms with Crippen LogP contribution in [-0.4, -0.2) is 0 Å². The molecule has 0 nitrogen and oxygen atoms in total. The maximum absolute atomic E-state index is 2.67. The first-order valence-corrected chi connectivity index (χ1v) is 35.7. The van der Waals surface area contributed by atoms with E-state index in [2.05, 4.69) is 336 Å². The normalized spacial score (nSPS) is 13.8. The van der Waals surface area contributed by atoms with Gasteiger partial charge in [0, 0.05) is 0 Å². The van der Waals surface area contributed by atoms with E-state index in [4.69, 9.17) is 0 Å². The second-order valence-electron chi connectivity index (χ2n) is 37.5. The van der Waals surface area contributed by atoms with E-state index in [-0.39, 0.29) is 43.3 Å². The van der Waals surface area contributed by atoms with E-state index < -0.39 is 0 Å². The molecule has 0 fully saturated rings. The molecule has 0 atom stereocenters. The molecule has 96 heavy (non-hydrogen) atoms. The van der Waals surface area contributed by atoms with Crippen LogP contribution < -0.4 is 0 Å². The van der Waals surface area contributed by atoms with E-state index in [1.165, 1.54) is 197 Å². The van der Waals surface area contributed by atoms with Crippen molar-refractivity contribution in [3.05, 3.63) is 214 Å². The van der Waals surface area contributed by atoms with Crippen molar-refractivity contribution >= 4 is 86.2 Å². The summed E-state index contributed by atoms with van der Waals surface area (Å²) in [6.45, 7) is 57.3. The van der Waals surface area contributed by atoms with Crippen LogP contribution in [0, 0.1) is 0 Å². The van der Waals surface area contributed by atoms with E-state index in [1.54, 1.807) is 0 Å². The Morgan fingerprint density at radius 2 is 0.438 bits per heavy atom. The van der Waals surface area contributed by atoms with Gasteiger partial charge in [0.15, 0.2) is 0 Å². The number of hydrogen-bond acceptors (Lipinski definition) is 0. The van der Waals surface area contributed by atoms with Gasteiger partial charge in [0.25, 0.3) is 0 Å². The summed E-state index contributed by atoms with van der Waals surface area (Å²) in [5, 5.41) is 21.2. The molecule has 0 N–H and O–H groups in total. The van der Waals surface area contributed by atoms with E-state index >= 15 is 0 Å². The number of benzene rings is 12. The van der Waals surface area contributed by atoms with Crippen LogP contribution in [0.2, 0.25) is 0 Å². The number of fused-ring (bicyclic) bond motifs is 11. The van der Waals surface area contributed by atoms with Gasteiger partial charge < -0.3 is 0 Å². The van der Waals surface area contributed by atoms with Gasteiger partial charge in [-0.1, -0.05) is 324 Å². The lowest BCUT2D eigenvalue weighted by Crippen LogP contribution is -2.17. The zero-order valence-electron chi connectivity index (χ0n) is 62.2. The van der Waals surface area contributed by atoms with Crippen LogP contribution in [-0.2, 0) is 43.3 Å². The lowest BCUT2D eigenvalue weighted by Gasteiger charge is -2.29. The monoisotopic (exact) mass is 1250 g/mol. The van der Waals surface area contributed by atoms with Gasteiger partial charge in [-0.2, -0.15) is 0 Å². The molecule has 0 unspecified atom stereocenters. The molecular weight excluding hydrogens is 1150 g/mol. The van der Waals surface area contributed by atoms with E-state index in [9.17, 15) is 0 Å². The molecule has 0 amide bonds. The molecule has 1 aliphatic carbocycles. The second-order valence-corrected chi connectivity index (χ2v) is 37.5. The van der Waals surface area contributed by atoms with Crippen LogP contribution in [0.5, 0.6) is 0 Å². The summed E-state index contributed by atoms with van der Waals surface area (Å²) < 4.78 is 0. The van der Waals surface area contributed by atoms with Crippen molar-refractivity contribution in [2.24, 2.45) is 0 Å². The van der Waals surface area contributed by atoms with Crippen molar-refractivity contribution in [1.82, 2.24) is 0 Å². The van der Waals surface area contributed by atoms with Gasteiger partial charge in [-0.15, -0.1) is 0 Å². The largest absolute Gasteiger partial charge is 0.0616 e. The van der Waals surface area contributed by atoms with Gasteiger partial charge in [-0.05, 0) is 253 Å². The third-order valence-electron chi connectivity index (χ3n) is 22.2. The van der Waals surface area contributed by atoms with Crippen molar-refractivity contribution < 1.29 is 0 Å². The Morgan fingerprint density at radius 3 is 0.719 bits per heavy atom. The van der Waals surface area contributed by atoms with Crippen molar-refractivity contribution in [1.29, 1.82) is 0 Å². The number of hydrogen-bond donors (Lipinski definition) is 0. The van der Waals surface area contributed by atoms with Gasteiger partial charge in [0.2, 0.25) is 0 Å². The van der Waals surface area contributed by atoms with Crippen LogP contribution in [0.4, 0.5) is 0 Å². The predicted molar refractivity (Wildman–Crippen MR) is 425 cm³/mol. The van der Waals surface area contributed by atoms with Crippen molar-refractivity contribution in [2.75, 3.05) is 0 Å². The smallest absolute Gasteiger partial charge is 0.000740 e. The van der Waals surface area contributed by atoms with Crippen LogP contribution in [0.3, 0.4) is 0 Å². The fourth-order valence-electron chi connectivity index (χ4n) is 16.4. The minimum atomic E-state index is -0.0907. The molecule has 0 bridgehead atoms. The SMILES string of the molecule is CC(C)(C)c1cc(-c2c3c(c(-c4cc(C(C)(C)C)cc(C(C)(C)C)c4)c4ccccc24)-c2ccc4c5cc6c(-c7cc(C(C)(C)C)cc(C(C)(C)C)c7)c7c8cccc9cccc(c7c(-c7cc(C(C)(C)C)cc(C(C)(C)C)c7)c6cc5c5ccc-3c2c54)c98)cc(C(C)(C)C)c1. The lowest BCUT2D eigenvalue weighted by molar-refractivity contribution is 0.568. The number of rotatable bonds is 4. The fraction of sp³-hybridized carbons (Fsp3) is 0.333. The van der Waals surface area contributed by atoms with Gasteiger partial charge >= 0.3 is 0 Å². The van der Waals surface area contributed by atoms with Gasteiger partial charge in [-0.3, -0.25) is 0 Å². The Bertz CT molecular complexity index is 5140. The van der Waals surface area contributed by atoms with Crippen molar-refractivity contribution in [2.45, 2.75) is 209 Å². The summed E-state index contributed by atoms with van der Waals surface area (Å²) in [5.41, 5.74) is 26.1. The highest BCUT2D eigenvalue weighted by molar-refractivity contribution is 6.43. The Labute approximate surface area is 573 Å². The second kappa shape index (κ2) is 20.6. The van der Waals surface area contributed by atoms with Gasteiger partial charge in [0.1, 0.15) is 0 Å². The van der Waals surface area contributed by atoms with Crippen molar-refractivity contribution in [3.8, 4) is 66.8 Å². The summed E-state index contributed by atoms with van der Waals surface area (Å²) in [5.74, 6) is 0. The molecule has 14 aromatic rings. The topological polar surface area (TPSA) is 0 Å². The summed E-state index contributed by atoms with van der Waals surface area (Å²) in [7, 11) is 0. The fourth-order valence-corrected chi connectivity index (χ4v) is 16.4. The Balaban J connectivity index is 1.16. The summed E-state index contributed by atoms with van der Waals surface area (Å²) >= 11 is 0. The summed E-state index contributed by atoms with van der Waals surface area (Å²) in [4.78, 5) is 0. The van der Waals surface area contributed by atoms with Crippen LogP contribution in [0.25, 0.3) is 153 Å². The molecule has 0 aromatic heterocycles. The van der Waals surface area contributed by atoms with Crippen molar-refractivity contribution in [3.63, 3.8) is 0 Å². The lowest BCUT2D eigenvalue weighted by atomic mass is 9.75. The van der Waals surface area contributed by atoms with Gasteiger partial charge in [-0.25, -0.2) is 0 Å². The third-order valence-corrected chi connectivity index (χ3v) is 22.2. The van der Waals surface area contributed by atoms with E-state index in [0.717, 1.165) is 0 Å². The average molecular weight is 1250 g/mol. The molecule has 14 aromatic carbocycles. The maximum atomic E-state index is 2.67. The standard InChI is InChI=1S/C96H100/c1-89(2,3)58-39-54(40-59(47-58)90(4,5)6)79-66-31-25-26-32-67(66)80(55-41-60(91(7,8)9)48-61(42-55)92(10,11)12)88-73-38-36-69-75-52-77-76(51-74(75)68-35-37-72(87(79)88)84(73)83(68)69)81(56-43-62(93(13,14)15)49-63(44-56)94(16,17)18)85-70-33-27-29-53-30-28-34-71(78(53)70)86(85)82(77)57-45-64(95(19,20)21)50-65(46-57)96(22,23)24/h25-52H,1-24H3. The molecule has 0 aliphatic heterocycles. The molecule has 0 saturated carbocycles. The van der Waals surface area contributed by atoms with Gasteiger partial charge in [0.05, 0.1) is 0 Å². The Morgan fingerprint density at radius 1 is 0.167 bits per heavy atom. The van der Waals surface area contributed by atoms with E-state index in [0.29, 0.717) is 0 Å². The molecule has 0 spiro atoms. The maximum Gasteiger partial charge on any atom is -0.000740 e.